The number of alkyl halides is 1. The molecule has 0 aliphatic carbocycles. The molecule has 2 saturated heterocycles. The van der Waals surface area contributed by atoms with Crippen LogP contribution in [0.3, 0.4) is 0 Å². The number of para-hydroxylation sites is 1. The fraction of sp³-hybridized carbons (Fsp3) is 0.379. The molecule has 14 heteroatoms. The molecule has 3 N–H and O–H groups in total. The van der Waals surface area contributed by atoms with Crippen LogP contribution in [-0.2, 0) is 18.9 Å². The van der Waals surface area contributed by atoms with E-state index < -0.39 is 37.4 Å². The van der Waals surface area contributed by atoms with E-state index in [2.05, 4.69) is 5.32 Å². The van der Waals surface area contributed by atoms with E-state index in [0.29, 0.717) is 41.6 Å². The predicted octanol–water partition coefficient (Wildman–Crippen LogP) is 3.42. The van der Waals surface area contributed by atoms with E-state index in [0.717, 1.165) is 11.3 Å². The van der Waals surface area contributed by atoms with Crippen molar-refractivity contribution >= 4 is 58.3 Å². The Kier molecular flexibility index (Phi) is 8.71. The summed E-state index contributed by atoms with van der Waals surface area (Å²) in [7, 11) is -3.35. The quantitative estimate of drug-likeness (QED) is 0.354. The number of rotatable bonds is 6. The summed E-state index contributed by atoms with van der Waals surface area (Å²) in [6.45, 7) is 1.69. The van der Waals surface area contributed by atoms with Crippen LogP contribution in [0.1, 0.15) is 47.3 Å². The van der Waals surface area contributed by atoms with Gasteiger partial charge in [0.1, 0.15) is 12.1 Å². The molecule has 0 saturated carbocycles. The van der Waals surface area contributed by atoms with E-state index in [4.69, 9.17) is 0 Å². The van der Waals surface area contributed by atoms with Gasteiger partial charge in [-0.3, -0.25) is 23.7 Å². The number of carbonyl (C=O) groups is 4. The third kappa shape index (κ3) is 6.35. The minimum absolute atomic E-state index is 0.0700. The molecule has 3 heterocycles. The second kappa shape index (κ2) is 12.2. The summed E-state index contributed by atoms with van der Waals surface area (Å²) in [5, 5.41) is 3.17. The van der Waals surface area contributed by atoms with Crippen molar-refractivity contribution in [2.24, 2.45) is 0 Å². The van der Waals surface area contributed by atoms with Gasteiger partial charge in [0.05, 0.1) is 4.88 Å². The van der Waals surface area contributed by atoms with Crippen molar-refractivity contribution in [1.29, 1.82) is 0 Å². The van der Waals surface area contributed by atoms with Crippen molar-refractivity contribution in [1.82, 2.24) is 15.1 Å². The number of fused-ring (bicyclic) bond motifs is 2. The SMILES string of the molecule is CC(=O)N1CC[C@H]2CC[C@@H](C(=O)N(C)c3ccccc3)N2C(=O)[C@@H](NC(=O)c2cc3cc(C(F)P(=O)(O)O)ccc3s2)C1. The molecule has 4 atom stereocenters. The first-order chi connectivity index (χ1) is 20.3. The number of carbonyl (C=O) groups excluding carboxylic acids is 4. The van der Waals surface area contributed by atoms with Gasteiger partial charge in [-0.1, -0.05) is 24.3 Å². The normalized spacial score (nSPS) is 21.6. The van der Waals surface area contributed by atoms with Gasteiger partial charge in [0.15, 0.2) is 0 Å². The predicted molar refractivity (Wildman–Crippen MR) is 159 cm³/mol. The number of nitrogens with one attached hydrogen (secondary N) is 1. The van der Waals surface area contributed by atoms with Crippen molar-refractivity contribution in [3.05, 3.63) is 65.0 Å². The third-order valence-electron chi connectivity index (χ3n) is 8.03. The van der Waals surface area contributed by atoms with E-state index in [9.17, 15) is 37.9 Å². The lowest BCUT2D eigenvalue weighted by atomic mass is 10.1. The molecule has 43 heavy (non-hydrogen) atoms. The average molecular weight is 631 g/mol. The highest BCUT2D eigenvalue weighted by molar-refractivity contribution is 7.51. The molecule has 5 rings (SSSR count). The third-order valence-corrected chi connectivity index (χ3v) is 10.0. The first kappa shape index (κ1) is 30.8. The zero-order valence-electron chi connectivity index (χ0n) is 23.6. The molecular weight excluding hydrogens is 598 g/mol. The van der Waals surface area contributed by atoms with E-state index in [1.54, 1.807) is 24.1 Å². The first-order valence-electron chi connectivity index (χ1n) is 13.8. The summed E-state index contributed by atoms with van der Waals surface area (Å²) >= 11 is 1.07. The molecule has 4 amide bonds. The molecule has 228 valence electrons. The van der Waals surface area contributed by atoms with Gasteiger partial charge in [-0.15, -0.1) is 11.3 Å². The zero-order chi connectivity index (χ0) is 31.1. The first-order valence-corrected chi connectivity index (χ1v) is 16.3. The van der Waals surface area contributed by atoms with Gasteiger partial charge in [-0.05, 0) is 60.5 Å². The van der Waals surface area contributed by atoms with Gasteiger partial charge in [0, 0.05) is 43.5 Å². The minimum Gasteiger partial charge on any atom is -0.340 e. The smallest absolute Gasteiger partial charge is 0.340 e. The molecule has 0 radical (unpaired) electrons. The number of hydrogen-bond acceptors (Lipinski definition) is 6. The van der Waals surface area contributed by atoms with Crippen LogP contribution in [-0.4, -0.2) is 81.5 Å². The van der Waals surface area contributed by atoms with Crippen LogP contribution < -0.4 is 10.2 Å². The zero-order valence-corrected chi connectivity index (χ0v) is 25.3. The van der Waals surface area contributed by atoms with Crippen molar-refractivity contribution in [2.75, 3.05) is 25.0 Å². The van der Waals surface area contributed by atoms with Crippen LogP contribution >= 0.6 is 18.9 Å². The summed E-state index contributed by atoms with van der Waals surface area (Å²) in [5.74, 6) is -4.03. The van der Waals surface area contributed by atoms with Crippen molar-refractivity contribution in [3.63, 3.8) is 0 Å². The minimum atomic E-state index is -5.01. The second-order valence-corrected chi connectivity index (χ2v) is 13.6. The maximum atomic E-state index is 14.3. The molecule has 2 fully saturated rings. The Balaban J connectivity index is 1.40. The van der Waals surface area contributed by atoms with E-state index >= 15 is 0 Å². The summed E-state index contributed by atoms with van der Waals surface area (Å²) in [6.07, 6.45) is 1.55. The van der Waals surface area contributed by atoms with Gasteiger partial charge in [0.2, 0.25) is 23.6 Å². The molecule has 2 aliphatic rings. The number of hydrogen-bond donors (Lipinski definition) is 3. The monoisotopic (exact) mass is 630 g/mol. The number of benzene rings is 2. The van der Waals surface area contributed by atoms with Crippen LogP contribution in [0.15, 0.2) is 54.6 Å². The van der Waals surface area contributed by atoms with Crippen LogP contribution in [0.2, 0.25) is 0 Å². The Morgan fingerprint density at radius 2 is 1.81 bits per heavy atom. The van der Waals surface area contributed by atoms with Gasteiger partial charge in [-0.2, -0.15) is 0 Å². The summed E-state index contributed by atoms with van der Waals surface area (Å²) in [5.41, 5.74) is 0.477. The van der Waals surface area contributed by atoms with E-state index in [1.165, 1.54) is 41.0 Å². The summed E-state index contributed by atoms with van der Waals surface area (Å²) in [4.78, 5) is 76.7. The standard InChI is InChI=1S/C29H32FN4O7PS/c1-17(35)33-13-12-21-9-10-23(29(38)32(2)20-6-4-3-5-7-20)34(21)28(37)22(16-33)31-27(36)25-15-19-14-18(8-11-24(19)43-25)26(30)42(39,40)41/h3-8,11,14-15,21-23,26H,9-10,12-13,16H2,1-2H3,(H,31,36)(H2,39,40,41)/t21-,22+,23+,26?/m1/s1. The number of halogens is 1. The highest BCUT2D eigenvalue weighted by Crippen LogP contribution is 2.53. The number of thiophene rings is 1. The maximum absolute atomic E-state index is 14.3. The van der Waals surface area contributed by atoms with Crippen molar-refractivity contribution in [2.45, 2.75) is 50.2 Å². The second-order valence-electron chi connectivity index (χ2n) is 10.8. The number of amides is 4. The van der Waals surface area contributed by atoms with Gasteiger partial charge < -0.3 is 29.8 Å². The van der Waals surface area contributed by atoms with Gasteiger partial charge in [-0.25, -0.2) is 4.39 Å². The Morgan fingerprint density at radius 1 is 1.09 bits per heavy atom. The molecule has 2 aromatic carbocycles. The van der Waals surface area contributed by atoms with E-state index in [1.807, 2.05) is 18.2 Å². The molecule has 3 aromatic rings. The fourth-order valence-electron chi connectivity index (χ4n) is 5.76. The van der Waals surface area contributed by atoms with E-state index in [-0.39, 0.29) is 34.8 Å². The van der Waals surface area contributed by atoms with Crippen LogP contribution in [0.5, 0.6) is 0 Å². The lowest BCUT2D eigenvalue weighted by Crippen LogP contribution is -2.61. The van der Waals surface area contributed by atoms with Crippen LogP contribution in [0.25, 0.3) is 10.1 Å². The number of nitrogens with zero attached hydrogens (tertiary/aromatic N) is 3. The molecule has 1 unspecified atom stereocenters. The molecular formula is C29H32FN4O7PS. The largest absolute Gasteiger partial charge is 0.363 e. The molecule has 0 bridgehead atoms. The molecule has 2 aliphatic heterocycles. The highest BCUT2D eigenvalue weighted by Gasteiger charge is 2.46. The number of anilines is 1. The van der Waals surface area contributed by atoms with Crippen molar-refractivity contribution < 1.29 is 37.9 Å². The Bertz CT molecular complexity index is 1610. The molecule has 0 spiro atoms. The Morgan fingerprint density at radius 3 is 2.49 bits per heavy atom. The highest BCUT2D eigenvalue weighted by atomic mass is 32.1. The average Bonchev–Trinajstić information content (AvgIpc) is 3.60. The molecule has 11 nitrogen and oxygen atoms in total. The lowest BCUT2D eigenvalue weighted by Gasteiger charge is -2.39. The van der Waals surface area contributed by atoms with Gasteiger partial charge in [0.25, 0.3) is 5.91 Å². The van der Waals surface area contributed by atoms with Crippen LogP contribution in [0, 0.1) is 0 Å². The molecule has 1 aromatic heterocycles. The van der Waals surface area contributed by atoms with Gasteiger partial charge >= 0.3 is 7.60 Å². The van der Waals surface area contributed by atoms with Crippen molar-refractivity contribution in [3.8, 4) is 0 Å². The summed E-state index contributed by atoms with van der Waals surface area (Å²) < 4.78 is 26.2. The lowest BCUT2D eigenvalue weighted by molar-refractivity contribution is -0.144. The fourth-order valence-corrected chi connectivity index (χ4v) is 7.25. The Hall–Kier alpha value is -3.64. The topological polar surface area (TPSA) is 148 Å². The Labute approximate surface area is 251 Å². The number of likely N-dealkylation sites (N-methyl/N-ethyl adjacent to an activating group) is 1. The van der Waals surface area contributed by atoms with Crippen LogP contribution in [0.4, 0.5) is 10.1 Å². The maximum Gasteiger partial charge on any atom is 0.363 e. The summed E-state index contributed by atoms with van der Waals surface area (Å²) in [6, 6.07) is 12.4.